The highest BCUT2D eigenvalue weighted by molar-refractivity contribution is 6.32. The fraction of sp³-hybridized carbons (Fsp3) is 0.188. The predicted molar refractivity (Wildman–Crippen MR) is 87.0 cm³/mol. The zero-order chi connectivity index (χ0) is 18.4. The van der Waals surface area contributed by atoms with Crippen LogP contribution in [0.15, 0.2) is 30.3 Å². The molecule has 1 saturated heterocycles. The molecule has 9 heteroatoms. The van der Waals surface area contributed by atoms with Gasteiger partial charge < -0.3 is 5.32 Å². The molecule has 2 heterocycles. The summed E-state index contributed by atoms with van der Waals surface area (Å²) >= 11 is 11.7. The van der Waals surface area contributed by atoms with E-state index >= 15 is 0 Å². The Bertz CT molecular complexity index is 894. The van der Waals surface area contributed by atoms with Gasteiger partial charge in [-0.15, -0.1) is 0 Å². The van der Waals surface area contributed by atoms with E-state index in [9.17, 15) is 18.4 Å². The third-order valence-electron chi connectivity index (χ3n) is 3.97. The predicted octanol–water partition coefficient (Wildman–Crippen LogP) is 3.63. The first-order chi connectivity index (χ1) is 11.7. The number of hydrogen-bond donors (Lipinski definition) is 1. The van der Waals surface area contributed by atoms with Gasteiger partial charge in [-0.25, -0.2) is 18.6 Å². The maximum atomic E-state index is 14.1. The number of benzene rings is 1. The Balaban J connectivity index is 1.94. The van der Waals surface area contributed by atoms with Crippen LogP contribution in [0.4, 0.5) is 13.6 Å². The summed E-state index contributed by atoms with van der Waals surface area (Å²) in [6.07, 6.45) is 0. The SMILES string of the molecule is C[C@]1(c2ccc(F)cc2F)NC(=O)N(Cc2ccc(Cl)nc2Cl)C1=O. The van der Waals surface area contributed by atoms with E-state index in [1.165, 1.54) is 19.1 Å². The minimum Gasteiger partial charge on any atom is -0.319 e. The molecule has 0 unspecified atom stereocenters. The van der Waals surface area contributed by atoms with Gasteiger partial charge in [0.2, 0.25) is 0 Å². The molecule has 0 spiro atoms. The molecule has 1 aromatic heterocycles. The van der Waals surface area contributed by atoms with Gasteiger partial charge in [0, 0.05) is 17.2 Å². The van der Waals surface area contributed by atoms with Crippen LogP contribution in [0.5, 0.6) is 0 Å². The van der Waals surface area contributed by atoms with Crippen LogP contribution < -0.4 is 5.32 Å². The highest BCUT2D eigenvalue weighted by Crippen LogP contribution is 2.32. The molecule has 0 saturated carbocycles. The van der Waals surface area contributed by atoms with E-state index in [-0.39, 0.29) is 22.4 Å². The molecule has 1 atom stereocenters. The van der Waals surface area contributed by atoms with E-state index in [2.05, 4.69) is 10.3 Å². The van der Waals surface area contributed by atoms with Crippen molar-refractivity contribution in [1.29, 1.82) is 0 Å². The first kappa shape index (κ1) is 17.6. The van der Waals surface area contributed by atoms with Gasteiger partial charge in [-0.3, -0.25) is 9.69 Å². The van der Waals surface area contributed by atoms with Crippen molar-refractivity contribution in [2.75, 3.05) is 0 Å². The number of urea groups is 1. The highest BCUT2D eigenvalue weighted by atomic mass is 35.5. The van der Waals surface area contributed by atoms with Crippen LogP contribution in [0.1, 0.15) is 18.1 Å². The second-order valence-corrected chi connectivity index (χ2v) is 6.40. The molecule has 5 nitrogen and oxygen atoms in total. The monoisotopic (exact) mass is 385 g/mol. The number of pyridine rings is 1. The molecule has 3 rings (SSSR count). The quantitative estimate of drug-likeness (QED) is 0.647. The van der Waals surface area contributed by atoms with Crippen molar-refractivity contribution < 1.29 is 18.4 Å². The number of carbonyl (C=O) groups is 2. The Kier molecular flexibility index (Phi) is 4.38. The van der Waals surface area contributed by atoms with Crippen molar-refractivity contribution in [3.8, 4) is 0 Å². The molecule has 25 heavy (non-hydrogen) atoms. The molecule has 1 aliphatic heterocycles. The average molecular weight is 386 g/mol. The molecule has 0 radical (unpaired) electrons. The van der Waals surface area contributed by atoms with Crippen LogP contribution >= 0.6 is 23.2 Å². The van der Waals surface area contributed by atoms with Crippen molar-refractivity contribution in [2.45, 2.75) is 19.0 Å². The standard InChI is InChI=1S/C16H11Cl2F2N3O2/c1-16(10-4-3-9(19)6-11(10)20)14(24)23(15(25)22-16)7-8-2-5-12(17)21-13(8)18/h2-6H,7H2,1H3,(H,22,25)/t16-/m1/s1. The lowest BCUT2D eigenvalue weighted by Crippen LogP contribution is -2.41. The highest BCUT2D eigenvalue weighted by Gasteiger charge is 2.50. The smallest absolute Gasteiger partial charge is 0.319 e. The number of amides is 3. The second-order valence-electron chi connectivity index (χ2n) is 5.65. The molecule has 0 aliphatic carbocycles. The number of nitrogens with one attached hydrogen (secondary N) is 1. The second kappa shape index (κ2) is 6.24. The molecule has 0 bridgehead atoms. The van der Waals surface area contributed by atoms with Gasteiger partial charge in [0.25, 0.3) is 5.91 Å². The fourth-order valence-electron chi connectivity index (χ4n) is 2.65. The molecule has 1 aromatic carbocycles. The number of rotatable bonds is 3. The lowest BCUT2D eigenvalue weighted by molar-refractivity contribution is -0.131. The lowest BCUT2D eigenvalue weighted by Gasteiger charge is -2.23. The number of carbonyl (C=O) groups excluding carboxylic acids is 2. The van der Waals surface area contributed by atoms with Gasteiger partial charge >= 0.3 is 6.03 Å². The molecular weight excluding hydrogens is 375 g/mol. The minimum atomic E-state index is -1.65. The first-order valence-electron chi connectivity index (χ1n) is 7.13. The number of imide groups is 1. The molecule has 1 fully saturated rings. The van der Waals surface area contributed by atoms with E-state index < -0.39 is 29.1 Å². The van der Waals surface area contributed by atoms with Crippen LogP contribution in [0.2, 0.25) is 10.3 Å². The van der Waals surface area contributed by atoms with Gasteiger partial charge in [-0.05, 0) is 19.1 Å². The van der Waals surface area contributed by atoms with Crippen molar-refractivity contribution in [2.24, 2.45) is 0 Å². The summed E-state index contributed by atoms with van der Waals surface area (Å²) < 4.78 is 27.2. The molecule has 130 valence electrons. The van der Waals surface area contributed by atoms with E-state index in [0.717, 1.165) is 17.0 Å². The Morgan fingerprint density at radius 1 is 1.20 bits per heavy atom. The minimum absolute atomic E-state index is 0.0506. The van der Waals surface area contributed by atoms with Gasteiger partial charge in [0.05, 0.1) is 6.54 Å². The van der Waals surface area contributed by atoms with Crippen molar-refractivity contribution >= 4 is 35.1 Å². The largest absolute Gasteiger partial charge is 0.325 e. The number of hydrogen-bond acceptors (Lipinski definition) is 3. The summed E-state index contributed by atoms with van der Waals surface area (Å²) in [6.45, 7) is 1.19. The summed E-state index contributed by atoms with van der Waals surface area (Å²) in [5.74, 6) is -2.39. The Morgan fingerprint density at radius 3 is 2.56 bits per heavy atom. The van der Waals surface area contributed by atoms with E-state index in [1.54, 1.807) is 0 Å². The summed E-state index contributed by atoms with van der Waals surface area (Å²) in [7, 11) is 0. The number of aromatic nitrogens is 1. The van der Waals surface area contributed by atoms with Crippen LogP contribution in [0.25, 0.3) is 0 Å². The molecule has 1 N–H and O–H groups in total. The number of halogens is 4. The molecule has 1 aliphatic rings. The summed E-state index contributed by atoms with van der Waals surface area (Å²) in [4.78, 5) is 29.7. The number of nitrogens with zero attached hydrogens (tertiary/aromatic N) is 2. The summed E-state index contributed by atoms with van der Waals surface area (Å²) in [5.41, 5.74) is -1.38. The van der Waals surface area contributed by atoms with Crippen LogP contribution in [0.3, 0.4) is 0 Å². The molecule has 3 amide bonds. The van der Waals surface area contributed by atoms with E-state index in [1.807, 2.05) is 0 Å². The van der Waals surface area contributed by atoms with Crippen LogP contribution in [-0.2, 0) is 16.9 Å². The lowest BCUT2D eigenvalue weighted by atomic mass is 9.91. The fourth-order valence-corrected chi connectivity index (χ4v) is 3.05. The van der Waals surface area contributed by atoms with E-state index in [0.29, 0.717) is 11.6 Å². The summed E-state index contributed by atoms with van der Waals surface area (Å²) in [6, 6.07) is 5.09. The van der Waals surface area contributed by atoms with Crippen molar-refractivity contribution in [1.82, 2.24) is 15.2 Å². The molecular formula is C16H11Cl2F2N3O2. The van der Waals surface area contributed by atoms with Gasteiger partial charge in [-0.1, -0.05) is 35.3 Å². The zero-order valence-corrected chi connectivity index (χ0v) is 14.3. The maximum Gasteiger partial charge on any atom is 0.325 e. The van der Waals surface area contributed by atoms with E-state index in [4.69, 9.17) is 23.2 Å². The maximum absolute atomic E-state index is 14.1. The third-order valence-corrected chi connectivity index (χ3v) is 4.50. The normalized spacial score (nSPS) is 20.1. The van der Waals surface area contributed by atoms with Gasteiger partial charge in [-0.2, -0.15) is 0 Å². The average Bonchev–Trinajstić information content (AvgIpc) is 2.73. The van der Waals surface area contributed by atoms with Gasteiger partial charge in [0.15, 0.2) is 0 Å². The van der Waals surface area contributed by atoms with Crippen molar-refractivity contribution in [3.63, 3.8) is 0 Å². The zero-order valence-electron chi connectivity index (χ0n) is 12.8. The van der Waals surface area contributed by atoms with Crippen LogP contribution in [0, 0.1) is 11.6 Å². The van der Waals surface area contributed by atoms with Crippen LogP contribution in [-0.4, -0.2) is 21.8 Å². The first-order valence-corrected chi connectivity index (χ1v) is 7.88. The molecule has 2 aromatic rings. The van der Waals surface area contributed by atoms with Gasteiger partial charge in [0.1, 0.15) is 27.5 Å². The Morgan fingerprint density at radius 2 is 1.92 bits per heavy atom. The third kappa shape index (κ3) is 3.05. The topological polar surface area (TPSA) is 62.3 Å². The summed E-state index contributed by atoms with van der Waals surface area (Å²) in [5, 5.41) is 2.66. The van der Waals surface area contributed by atoms with Crippen molar-refractivity contribution in [3.05, 3.63) is 63.4 Å². The Hall–Kier alpha value is -2.25. The Labute approximate surface area is 151 Å².